The van der Waals surface area contributed by atoms with E-state index in [9.17, 15) is 18.3 Å². The molecule has 16 heavy (non-hydrogen) atoms. The van der Waals surface area contributed by atoms with Gasteiger partial charge in [-0.25, -0.2) is 8.42 Å². The molecule has 1 heterocycles. The summed E-state index contributed by atoms with van der Waals surface area (Å²) in [5, 5.41) is 17.9. The predicted molar refractivity (Wildman–Crippen MR) is 57.9 cm³/mol. The fraction of sp³-hybridized carbons (Fsp3) is 0.889. The molecule has 0 aliphatic carbocycles. The van der Waals surface area contributed by atoms with Crippen molar-refractivity contribution >= 4 is 15.8 Å². The third-order valence-electron chi connectivity index (χ3n) is 2.74. The van der Waals surface area contributed by atoms with Crippen LogP contribution in [-0.2, 0) is 14.6 Å². The van der Waals surface area contributed by atoms with Crippen LogP contribution in [0.5, 0.6) is 0 Å². The smallest absolute Gasteiger partial charge is 0.306 e. The second kappa shape index (κ2) is 5.11. The van der Waals surface area contributed by atoms with E-state index in [1.165, 1.54) is 0 Å². The summed E-state index contributed by atoms with van der Waals surface area (Å²) in [6, 6.07) is -0.103. The van der Waals surface area contributed by atoms with Gasteiger partial charge >= 0.3 is 5.97 Å². The number of aliphatic hydroxyl groups excluding tert-OH is 1. The fourth-order valence-corrected chi connectivity index (χ4v) is 3.68. The first-order chi connectivity index (χ1) is 7.30. The molecule has 0 amide bonds. The molecule has 94 valence electrons. The first-order valence-electron chi connectivity index (χ1n) is 5.10. The minimum atomic E-state index is -2.94. The zero-order valence-electron chi connectivity index (χ0n) is 9.16. The molecule has 1 rings (SSSR count). The third-order valence-corrected chi connectivity index (χ3v) is 4.49. The van der Waals surface area contributed by atoms with Gasteiger partial charge in [0, 0.05) is 12.6 Å². The lowest BCUT2D eigenvalue weighted by Crippen LogP contribution is -2.39. The standard InChI is InChI=1S/C9H17NO5S/c1-10(5-8(11)4-9(12)13)7-2-3-16(14,15)6-7/h7-8,11H,2-6H2,1H3,(H,12,13). The van der Waals surface area contributed by atoms with Crippen molar-refractivity contribution in [2.24, 2.45) is 0 Å². The molecule has 0 saturated carbocycles. The van der Waals surface area contributed by atoms with Crippen LogP contribution in [0.2, 0.25) is 0 Å². The number of sulfone groups is 1. The van der Waals surface area contributed by atoms with Gasteiger partial charge in [0.2, 0.25) is 0 Å². The van der Waals surface area contributed by atoms with Crippen molar-refractivity contribution in [2.45, 2.75) is 25.0 Å². The summed E-state index contributed by atoms with van der Waals surface area (Å²) in [7, 11) is -1.23. The Kier molecular flexibility index (Phi) is 4.28. The Labute approximate surface area is 94.8 Å². The van der Waals surface area contributed by atoms with E-state index in [-0.39, 0.29) is 30.5 Å². The Morgan fingerprint density at radius 2 is 2.19 bits per heavy atom. The van der Waals surface area contributed by atoms with Crippen LogP contribution in [0.25, 0.3) is 0 Å². The zero-order chi connectivity index (χ0) is 12.3. The van der Waals surface area contributed by atoms with Crippen molar-refractivity contribution in [3.8, 4) is 0 Å². The molecular weight excluding hydrogens is 234 g/mol. The van der Waals surface area contributed by atoms with Crippen molar-refractivity contribution in [3.05, 3.63) is 0 Å². The average molecular weight is 251 g/mol. The summed E-state index contributed by atoms with van der Waals surface area (Å²) in [5.41, 5.74) is 0. The molecule has 0 aromatic carbocycles. The Morgan fingerprint density at radius 1 is 1.56 bits per heavy atom. The van der Waals surface area contributed by atoms with E-state index in [1.807, 2.05) is 0 Å². The number of hydrogen-bond acceptors (Lipinski definition) is 5. The van der Waals surface area contributed by atoms with Gasteiger partial charge in [-0.05, 0) is 13.5 Å². The second-order valence-corrected chi connectivity index (χ2v) is 6.48. The van der Waals surface area contributed by atoms with E-state index in [4.69, 9.17) is 5.11 Å². The molecule has 0 aromatic rings. The van der Waals surface area contributed by atoms with Gasteiger partial charge in [-0.3, -0.25) is 9.69 Å². The number of rotatable bonds is 5. The highest BCUT2D eigenvalue weighted by Crippen LogP contribution is 2.16. The highest BCUT2D eigenvalue weighted by molar-refractivity contribution is 7.91. The van der Waals surface area contributed by atoms with Crippen LogP contribution in [0.15, 0.2) is 0 Å². The fourth-order valence-electron chi connectivity index (χ4n) is 1.87. The van der Waals surface area contributed by atoms with Crippen LogP contribution in [-0.4, -0.2) is 66.7 Å². The molecule has 1 aliphatic heterocycles. The average Bonchev–Trinajstić information content (AvgIpc) is 2.44. The van der Waals surface area contributed by atoms with Crippen molar-refractivity contribution < 1.29 is 23.4 Å². The van der Waals surface area contributed by atoms with Crippen molar-refractivity contribution in [2.75, 3.05) is 25.1 Å². The van der Waals surface area contributed by atoms with Gasteiger partial charge in [0.25, 0.3) is 0 Å². The highest BCUT2D eigenvalue weighted by atomic mass is 32.2. The summed E-state index contributed by atoms with van der Waals surface area (Å²) in [4.78, 5) is 12.1. The Morgan fingerprint density at radius 3 is 2.62 bits per heavy atom. The number of aliphatic hydroxyl groups is 1. The van der Waals surface area contributed by atoms with Gasteiger partial charge in [0.15, 0.2) is 9.84 Å². The largest absolute Gasteiger partial charge is 0.481 e. The summed E-state index contributed by atoms with van der Waals surface area (Å²) < 4.78 is 22.5. The van der Waals surface area contributed by atoms with E-state index >= 15 is 0 Å². The lowest BCUT2D eigenvalue weighted by molar-refractivity contribution is -0.139. The topological polar surface area (TPSA) is 94.9 Å². The number of hydrogen-bond donors (Lipinski definition) is 2. The maximum absolute atomic E-state index is 11.2. The zero-order valence-corrected chi connectivity index (χ0v) is 9.98. The van der Waals surface area contributed by atoms with Crippen LogP contribution in [0.4, 0.5) is 0 Å². The number of carbonyl (C=O) groups is 1. The number of carboxylic acid groups (broad SMARTS) is 1. The van der Waals surface area contributed by atoms with Gasteiger partial charge in [-0.15, -0.1) is 0 Å². The van der Waals surface area contributed by atoms with Crippen LogP contribution in [0, 0.1) is 0 Å². The van der Waals surface area contributed by atoms with Crippen LogP contribution >= 0.6 is 0 Å². The molecule has 1 aliphatic rings. The molecule has 1 fully saturated rings. The predicted octanol–water partition coefficient (Wildman–Crippen LogP) is -1.06. The van der Waals surface area contributed by atoms with Crippen molar-refractivity contribution in [3.63, 3.8) is 0 Å². The van der Waals surface area contributed by atoms with Gasteiger partial charge in [-0.1, -0.05) is 0 Å². The maximum Gasteiger partial charge on any atom is 0.306 e. The number of nitrogens with zero attached hydrogens (tertiary/aromatic N) is 1. The van der Waals surface area contributed by atoms with E-state index < -0.39 is 21.9 Å². The van der Waals surface area contributed by atoms with E-state index in [0.29, 0.717) is 6.42 Å². The van der Waals surface area contributed by atoms with Gasteiger partial charge in [-0.2, -0.15) is 0 Å². The summed E-state index contributed by atoms with van der Waals surface area (Å²) in [6.07, 6.45) is -0.714. The maximum atomic E-state index is 11.2. The molecular formula is C9H17NO5S. The number of likely N-dealkylation sites (N-methyl/N-ethyl adjacent to an activating group) is 1. The quantitative estimate of drug-likeness (QED) is 0.647. The minimum Gasteiger partial charge on any atom is -0.481 e. The van der Waals surface area contributed by atoms with Gasteiger partial charge in [0.05, 0.1) is 24.0 Å². The molecule has 2 unspecified atom stereocenters. The molecule has 2 N–H and O–H groups in total. The highest BCUT2D eigenvalue weighted by Gasteiger charge is 2.31. The Balaban J connectivity index is 2.41. The van der Waals surface area contributed by atoms with E-state index in [2.05, 4.69) is 0 Å². The molecule has 0 aromatic heterocycles. The Hall–Kier alpha value is -0.660. The lowest BCUT2D eigenvalue weighted by Gasteiger charge is -2.24. The molecule has 0 radical (unpaired) electrons. The third kappa shape index (κ3) is 4.07. The first kappa shape index (κ1) is 13.4. The van der Waals surface area contributed by atoms with E-state index in [1.54, 1.807) is 11.9 Å². The van der Waals surface area contributed by atoms with Crippen LogP contribution in [0.1, 0.15) is 12.8 Å². The second-order valence-electron chi connectivity index (χ2n) is 4.25. The molecule has 7 heteroatoms. The first-order valence-corrected chi connectivity index (χ1v) is 6.93. The minimum absolute atomic E-state index is 0.100. The van der Waals surface area contributed by atoms with Crippen LogP contribution in [0.3, 0.4) is 0 Å². The monoisotopic (exact) mass is 251 g/mol. The normalized spacial score (nSPS) is 25.8. The van der Waals surface area contributed by atoms with Gasteiger partial charge in [0.1, 0.15) is 0 Å². The lowest BCUT2D eigenvalue weighted by atomic mass is 10.2. The molecule has 6 nitrogen and oxygen atoms in total. The Bertz CT molecular complexity index is 353. The SMILES string of the molecule is CN(CC(O)CC(=O)O)C1CCS(=O)(=O)C1. The number of aliphatic carboxylic acids is 1. The molecule has 2 atom stereocenters. The summed E-state index contributed by atoms with van der Waals surface area (Å²) in [5.74, 6) is -0.778. The number of carboxylic acids is 1. The summed E-state index contributed by atoms with van der Waals surface area (Å²) in [6.45, 7) is 0.187. The van der Waals surface area contributed by atoms with E-state index in [0.717, 1.165) is 0 Å². The summed E-state index contributed by atoms with van der Waals surface area (Å²) >= 11 is 0. The van der Waals surface area contributed by atoms with Crippen LogP contribution < -0.4 is 0 Å². The van der Waals surface area contributed by atoms with Crippen molar-refractivity contribution in [1.29, 1.82) is 0 Å². The molecule has 0 spiro atoms. The molecule has 0 bridgehead atoms. The van der Waals surface area contributed by atoms with Gasteiger partial charge < -0.3 is 10.2 Å². The van der Waals surface area contributed by atoms with Crippen molar-refractivity contribution in [1.82, 2.24) is 4.90 Å². The molecule has 1 saturated heterocycles.